The minimum atomic E-state index is -0.549. The van der Waals surface area contributed by atoms with Crippen molar-refractivity contribution in [2.24, 2.45) is 29.6 Å². The smallest absolute Gasteiger partial charge is 0.155 e. The molecule has 504 valence electrons. The second-order valence-electron chi connectivity index (χ2n) is 21.2. The number of methoxy groups -OCH3 is 9. The van der Waals surface area contributed by atoms with Crippen LogP contribution in [0, 0.1) is 29.6 Å². The molecule has 0 aliphatic heterocycles. The molecule has 0 aromatic carbocycles. The van der Waals surface area contributed by atoms with Crippen LogP contribution in [-0.2, 0) is 76.0 Å². The van der Waals surface area contributed by atoms with Crippen LogP contribution in [0.5, 0.6) is 0 Å². The van der Waals surface area contributed by atoms with E-state index in [1.165, 1.54) is 0 Å². The van der Waals surface area contributed by atoms with Gasteiger partial charge in [-0.15, -0.1) is 26.3 Å². The summed E-state index contributed by atoms with van der Waals surface area (Å²) in [5.41, 5.74) is 0. The number of alkyl halides is 1. The van der Waals surface area contributed by atoms with Crippen LogP contribution < -0.4 is 0 Å². The summed E-state index contributed by atoms with van der Waals surface area (Å²) >= 11 is 3.42. The molecule has 0 heterocycles. The van der Waals surface area contributed by atoms with E-state index in [-0.39, 0.29) is 130 Å². The van der Waals surface area contributed by atoms with Crippen molar-refractivity contribution >= 4 is 33.3 Å². The van der Waals surface area contributed by atoms with Gasteiger partial charge in [0.05, 0.1) is 30.5 Å². The highest BCUT2D eigenvalue weighted by Gasteiger charge is 2.29. The molecule has 0 amide bonds. The maximum atomic E-state index is 11.8. The number of carbonyl (C=O) groups excluding carboxylic acids is 3. The van der Waals surface area contributed by atoms with Crippen molar-refractivity contribution < 1.29 is 86.2 Å². The molecule has 0 saturated heterocycles. The van der Waals surface area contributed by atoms with Gasteiger partial charge in [0.25, 0.3) is 0 Å². The molecule has 18 nitrogen and oxygen atoms in total. The summed E-state index contributed by atoms with van der Waals surface area (Å²) in [5, 5.41) is 20.0. The van der Waals surface area contributed by atoms with Crippen molar-refractivity contribution in [2.75, 3.05) is 103 Å². The highest BCUT2D eigenvalue weighted by molar-refractivity contribution is 9.09. The van der Waals surface area contributed by atoms with Crippen LogP contribution in [-0.4, -0.2) is 192 Å². The minimum Gasteiger partial charge on any atom is -0.396 e. The molecule has 0 bridgehead atoms. The molecule has 2 rings (SSSR count). The van der Waals surface area contributed by atoms with Crippen molar-refractivity contribution in [1.29, 1.82) is 0 Å². The lowest BCUT2D eigenvalue weighted by molar-refractivity contribution is -0.132. The normalized spacial score (nSPS) is 23.9. The Morgan fingerprint density at radius 3 is 1.44 bits per heavy atom. The molecule has 2 aliphatic carbocycles. The number of aliphatic hydroxyl groups excluding tert-OH is 2. The molecular formula is C68H117BrO18. The third-order valence-electron chi connectivity index (χ3n) is 14.2. The van der Waals surface area contributed by atoms with Crippen molar-refractivity contribution in [3.63, 3.8) is 0 Å². The van der Waals surface area contributed by atoms with Crippen LogP contribution in [0.1, 0.15) is 112 Å². The van der Waals surface area contributed by atoms with Crippen molar-refractivity contribution in [2.45, 2.75) is 173 Å². The zero-order chi connectivity index (χ0) is 66.2. The van der Waals surface area contributed by atoms with Crippen molar-refractivity contribution in [1.82, 2.24) is 0 Å². The number of ketones is 3. The standard InChI is InChI=1S/C18H30O4.C16H26O4.C14H22O3.C10H19BrO3.C10H20O4/c1-6-8-9-10-11-16(19)13-12-15(3)18(22-14-20-4)17(7-2)21-5;1-13-10-11-14(17)8-6-4-5-7-9-15(19-3)16(13)20-12-18-2;1-11-9-10-12(15)7-5-3-4-6-8-13(17-2)14(11)16;2*1-5-9(13-4)10(8(2)6-11)14-7-12-3/h6-7,10-11,15,17-18H,1-2,8-9,12-14H2,3-5H3;6-9,13,15-16H,4-5,10-12H2,1-3H3;5-8,11,13-14,16H,3-4,9-10H2,1-2H3;5,8-10H,1,6-7H2,2-4H3;5,8-11H,1,6-7H2,2-4H3/b11-10+;8-6+,9-7+;7-5+,8-6+;;/t15-,17+,18+;13-,15+,16+;11-,13+,14+;2*8-,9+,10+/m11111/s1. The molecule has 15 atom stereocenters. The topological polar surface area (TPSA) is 212 Å². The maximum Gasteiger partial charge on any atom is 0.155 e. The largest absolute Gasteiger partial charge is 0.396 e. The number of rotatable bonds is 35. The van der Waals surface area contributed by atoms with E-state index in [1.807, 2.05) is 63.3 Å². The second-order valence-corrected chi connectivity index (χ2v) is 21.8. The number of ether oxygens (including phenoxy) is 13. The van der Waals surface area contributed by atoms with E-state index < -0.39 is 6.10 Å². The second kappa shape index (κ2) is 60.1. The number of hydrogen-bond acceptors (Lipinski definition) is 18. The first kappa shape index (κ1) is 87.8. The van der Waals surface area contributed by atoms with Crippen LogP contribution in [0.4, 0.5) is 0 Å². The minimum absolute atomic E-state index is 0.0203. The molecule has 19 heteroatoms. The van der Waals surface area contributed by atoms with Gasteiger partial charge in [0, 0.05) is 101 Å². The highest BCUT2D eigenvalue weighted by Crippen LogP contribution is 2.24. The Bertz CT molecular complexity index is 1840. The fraction of sp³-hybridized carbons (Fsp3) is 0.691. The number of carbonyl (C=O) groups is 3. The van der Waals surface area contributed by atoms with Gasteiger partial charge >= 0.3 is 0 Å². The van der Waals surface area contributed by atoms with Crippen molar-refractivity contribution in [3.05, 3.63) is 111 Å². The quantitative estimate of drug-likeness (QED) is 0.0199. The maximum absolute atomic E-state index is 11.8. The highest BCUT2D eigenvalue weighted by atomic mass is 79.9. The molecule has 0 unspecified atom stereocenters. The average molecular weight is 1300 g/mol. The van der Waals surface area contributed by atoms with Gasteiger partial charge in [0.15, 0.2) is 17.3 Å². The summed E-state index contributed by atoms with van der Waals surface area (Å²) < 4.78 is 68.6. The van der Waals surface area contributed by atoms with Gasteiger partial charge < -0.3 is 71.8 Å². The van der Waals surface area contributed by atoms with Crippen LogP contribution in [0.3, 0.4) is 0 Å². The summed E-state index contributed by atoms with van der Waals surface area (Å²) in [6, 6.07) is 0. The fourth-order valence-electron chi connectivity index (χ4n) is 8.74. The molecule has 87 heavy (non-hydrogen) atoms. The van der Waals surface area contributed by atoms with E-state index in [4.69, 9.17) is 66.7 Å². The molecule has 2 aliphatic rings. The molecule has 0 aromatic heterocycles. The summed E-state index contributed by atoms with van der Waals surface area (Å²) in [6.45, 7) is 25.8. The Morgan fingerprint density at radius 2 is 1.03 bits per heavy atom. The summed E-state index contributed by atoms with van der Waals surface area (Å²) in [4.78, 5) is 35.0. The predicted octanol–water partition coefficient (Wildman–Crippen LogP) is 11.8. The Balaban J connectivity index is -0.00000103. The Labute approximate surface area is 533 Å². The first-order valence-corrected chi connectivity index (χ1v) is 31.3. The van der Waals surface area contributed by atoms with E-state index in [1.54, 1.807) is 100 Å². The summed E-state index contributed by atoms with van der Waals surface area (Å²) in [5.74, 6) is 1.21. The zero-order valence-corrected chi connectivity index (χ0v) is 57.2. The number of unbranched alkanes of at least 4 members (excludes halogenated alkanes) is 1. The molecule has 0 aromatic rings. The van der Waals surface area contributed by atoms with Gasteiger partial charge in [0.2, 0.25) is 0 Å². The Kier molecular flexibility index (Phi) is 60.7. The lowest BCUT2D eigenvalue weighted by atomic mass is 9.92. The van der Waals surface area contributed by atoms with Gasteiger partial charge in [0.1, 0.15) is 57.7 Å². The number of halogens is 1. The van der Waals surface area contributed by atoms with Crippen LogP contribution in [0.2, 0.25) is 0 Å². The zero-order valence-electron chi connectivity index (χ0n) is 55.6. The summed E-state index contributed by atoms with van der Waals surface area (Å²) in [7, 11) is 14.5. The first-order chi connectivity index (χ1) is 41.8. The van der Waals surface area contributed by atoms with E-state index in [9.17, 15) is 19.5 Å². The number of allylic oxidation sites excluding steroid dienone is 9. The molecule has 0 saturated carbocycles. The van der Waals surface area contributed by atoms with Crippen molar-refractivity contribution in [3.8, 4) is 0 Å². The first-order valence-electron chi connectivity index (χ1n) is 30.2. The third-order valence-corrected chi connectivity index (χ3v) is 15.2. The SMILES string of the molecule is C=CCC/C=C/C(=O)CC[C@@H](C)[C@H](OCOC)[C@H](C=C)OC.C=C[C@H](OC)[C@@H](OCOC)[C@H](C)CBr.C=C[C@H](OC)[C@@H](OCOC)[C@H](C)CO.COCO[C@H]1[C@H](C)CCC(=O)/C=C/CC/C=C/[C@@H]1OC.CO[C@H]1/C=C/CC/C=C/C(=O)CC[C@@H](C)[C@@H]1O. The summed E-state index contributed by atoms with van der Waals surface area (Å²) in [6.07, 6.45) is 32.7. The lowest BCUT2D eigenvalue weighted by Crippen LogP contribution is -2.37. The third kappa shape index (κ3) is 43.0. The van der Waals surface area contributed by atoms with Gasteiger partial charge in [-0.1, -0.05) is 117 Å². The Morgan fingerprint density at radius 1 is 0.609 bits per heavy atom. The van der Waals surface area contributed by atoms with E-state index in [0.29, 0.717) is 31.6 Å². The number of hydrogen-bond donors (Lipinski definition) is 2. The van der Waals surface area contributed by atoms with Crippen LogP contribution >= 0.6 is 15.9 Å². The van der Waals surface area contributed by atoms with E-state index in [0.717, 1.165) is 56.7 Å². The molecule has 0 fully saturated rings. The van der Waals surface area contributed by atoms with E-state index in [2.05, 4.69) is 62.2 Å². The van der Waals surface area contributed by atoms with E-state index >= 15 is 0 Å². The van der Waals surface area contributed by atoms with Gasteiger partial charge in [-0.2, -0.15) is 0 Å². The Hall–Kier alpha value is -3.45. The molecular weight excluding hydrogens is 1180 g/mol. The lowest BCUT2D eigenvalue weighted by Gasteiger charge is -2.29. The van der Waals surface area contributed by atoms with Gasteiger partial charge in [-0.3, -0.25) is 14.4 Å². The molecule has 2 N–H and O–H groups in total. The molecule has 0 spiro atoms. The van der Waals surface area contributed by atoms with Crippen LogP contribution in [0.15, 0.2) is 111 Å². The monoisotopic (exact) mass is 1300 g/mol. The predicted molar refractivity (Wildman–Crippen MR) is 351 cm³/mol. The average Bonchev–Trinajstić information content (AvgIpc) is 3.73. The fourth-order valence-corrected chi connectivity index (χ4v) is 9.11. The van der Waals surface area contributed by atoms with Gasteiger partial charge in [-0.05, 0) is 99.7 Å². The molecule has 0 radical (unpaired) electrons. The van der Waals surface area contributed by atoms with Crippen LogP contribution in [0.25, 0.3) is 0 Å². The van der Waals surface area contributed by atoms with Gasteiger partial charge in [-0.25, -0.2) is 0 Å². The number of aliphatic hydroxyl groups is 2.